The minimum atomic E-state index is -3.39. The van der Waals surface area contributed by atoms with E-state index in [1.807, 2.05) is 0 Å². The lowest BCUT2D eigenvalue weighted by Gasteiger charge is -2.25. The molecule has 2 aromatic carbocycles. The molecular formula is C23H25Cl2N3O5S. The molecular weight excluding hydrogens is 501 g/mol. The summed E-state index contributed by atoms with van der Waals surface area (Å²) in [5.41, 5.74) is 1.33. The van der Waals surface area contributed by atoms with Crippen LogP contribution >= 0.6 is 23.2 Å². The van der Waals surface area contributed by atoms with Gasteiger partial charge in [0.25, 0.3) is 0 Å². The lowest BCUT2D eigenvalue weighted by atomic mass is 9.83. The first kappa shape index (κ1) is 26.0. The minimum absolute atomic E-state index is 0.158. The second-order valence-electron chi connectivity index (χ2n) is 8.74. The van der Waals surface area contributed by atoms with E-state index in [1.165, 1.54) is 0 Å². The summed E-state index contributed by atoms with van der Waals surface area (Å²) in [7, 11) is -3.39. The number of hydrogen-bond acceptors (Lipinski definition) is 5. The molecule has 1 atom stereocenters. The fourth-order valence-corrected chi connectivity index (χ4v) is 5.10. The van der Waals surface area contributed by atoms with Gasteiger partial charge in [-0.05, 0) is 55.7 Å². The number of carbonyl (C=O) groups excluding carboxylic acids is 3. The van der Waals surface area contributed by atoms with Crippen molar-refractivity contribution in [3.05, 3.63) is 63.1 Å². The maximum Gasteiger partial charge on any atom is 0.234 e. The normalized spacial score (nSPS) is 16.7. The Morgan fingerprint density at radius 2 is 1.71 bits per heavy atom. The average molecular weight is 526 g/mol. The van der Waals surface area contributed by atoms with Crippen molar-refractivity contribution in [2.75, 3.05) is 11.0 Å². The van der Waals surface area contributed by atoms with E-state index in [4.69, 9.17) is 23.2 Å². The van der Waals surface area contributed by atoms with E-state index in [2.05, 4.69) is 15.4 Å². The number of benzene rings is 2. The molecule has 0 spiro atoms. The van der Waals surface area contributed by atoms with Gasteiger partial charge in [-0.15, -0.1) is 0 Å². The third-order valence-electron chi connectivity index (χ3n) is 5.66. The standard InChI is InChI=1S/C23H25Cl2N3O5S/c1-23(2,14-4-6-15(7-5-14)28-34(3,32)33)22(31)26-12-13-10-17(24)20(18(25)11-13)16-8-9-19(29)27-21(16)30/h4-7,10-11,16,28H,8-9,12H2,1-3H3,(H,26,31)(H,27,29,30). The maximum atomic E-state index is 12.9. The summed E-state index contributed by atoms with van der Waals surface area (Å²) in [6, 6.07) is 9.86. The van der Waals surface area contributed by atoms with Crippen molar-refractivity contribution < 1.29 is 22.8 Å². The molecule has 0 radical (unpaired) electrons. The SMILES string of the molecule is CC(C)(C(=O)NCc1cc(Cl)c(C2CCC(=O)NC2=O)c(Cl)c1)c1ccc(NS(C)(=O)=O)cc1. The van der Waals surface area contributed by atoms with Crippen LogP contribution in [0.1, 0.15) is 49.3 Å². The predicted octanol–water partition coefficient (Wildman–Crippen LogP) is 3.48. The van der Waals surface area contributed by atoms with Crippen molar-refractivity contribution in [1.29, 1.82) is 0 Å². The molecule has 0 aromatic heterocycles. The van der Waals surface area contributed by atoms with Gasteiger partial charge >= 0.3 is 0 Å². The molecule has 8 nitrogen and oxygen atoms in total. The molecule has 0 saturated carbocycles. The lowest BCUT2D eigenvalue weighted by molar-refractivity contribution is -0.134. The second-order valence-corrected chi connectivity index (χ2v) is 11.3. The third kappa shape index (κ3) is 6.08. The van der Waals surface area contributed by atoms with E-state index in [9.17, 15) is 22.8 Å². The van der Waals surface area contributed by atoms with E-state index in [-0.39, 0.29) is 24.8 Å². The van der Waals surface area contributed by atoms with E-state index in [0.717, 1.165) is 6.26 Å². The fraction of sp³-hybridized carbons (Fsp3) is 0.348. The summed E-state index contributed by atoms with van der Waals surface area (Å²) in [5, 5.41) is 5.75. The summed E-state index contributed by atoms with van der Waals surface area (Å²) in [6.07, 6.45) is 1.60. The van der Waals surface area contributed by atoms with Crippen LogP contribution in [0.3, 0.4) is 0 Å². The van der Waals surface area contributed by atoms with Crippen molar-refractivity contribution in [3.63, 3.8) is 0 Å². The van der Waals surface area contributed by atoms with E-state index in [0.29, 0.717) is 38.8 Å². The number of rotatable bonds is 7. The Bertz CT molecular complexity index is 1220. The smallest absolute Gasteiger partial charge is 0.234 e. The highest BCUT2D eigenvalue weighted by molar-refractivity contribution is 7.92. The number of sulfonamides is 1. The lowest BCUT2D eigenvalue weighted by Crippen LogP contribution is -2.40. The molecule has 1 aliphatic rings. The topological polar surface area (TPSA) is 121 Å². The molecule has 1 aliphatic heterocycles. The number of anilines is 1. The van der Waals surface area contributed by atoms with Crippen LogP contribution in [0.5, 0.6) is 0 Å². The molecule has 3 amide bonds. The van der Waals surface area contributed by atoms with Crippen LogP contribution in [0.15, 0.2) is 36.4 Å². The average Bonchev–Trinajstić information content (AvgIpc) is 2.72. The zero-order chi connectivity index (χ0) is 25.3. The molecule has 0 aliphatic carbocycles. The van der Waals surface area contributed by atoms with Gasteiger partial charge in [-0.25, -0.2) is 8.42 Å². The molecule has 182 valence electrons. The van der Waals surface area contributed by atoms with Crippen molar-refractivity contribution in [2.45, 2.75) is 44.6 Å². The predicted molar refractivity (Wildman–Crippen MR) is 131 cm³/mol. The summed E-state index contributed by atoms with van der Waals surface area (Å²) in [6.45, 7) is 3.67. The van der Waals surface area contributed by atoms with Crippen molar-refractivity contribution in [2.24, 2.45) is 0 Å². The molecule has 2 aromatic rings. The Kier molecular flexibility index (Phi) is 7.59. The maximum absolute atomic E-state index is 12.9. The van der Waals surface area contributed by atoms with E-state index >= 15 is 0 Å². The van der Waals surface area contributed by atoms with Crippen molar-refractivity contribution in [3.8, 4) is 0 Å². The van der Waals surface area contributed by atoms with Gasteiger partial charge in [-0.1, -0.05) is 35.3 Å². The van der Waals surface area contributed by atoms with Crippen LogP contribution in [-0.2, 0) is 36.4 Å². The van der Waals surface area contributed by atoms with Gasteiger partial charge in [-0.3, -0.25) is 24.4 Å². The molecule has 1 fully saturated rings. The van der Waals surface area contributed by atoms with Crippen LogP contribution < -0.4 is 15.4 Å². The number of hydrogen-bond donors (Lipinski definition) is 3. The van der Waals surface area contributed by atoms with Crippen LogP contribution in [-0.4, -0.2) is 32.4 Å². The molecule has 34 heavy (non-hydrogen) atoms. The third-order valence-corrected chi connectivity index (χ3v) is 6.89. The molecule has 1 saturated heterocycles. The van der Waals surface area contributed by atoms with Gasteiger partial charge in [-0.2, -0.15) is 0 Å². The van der Waals surface area contributed by atoms with Gasteiger partial charge in [0.1, 0.15) is 0 Å². The van der Waals surface area contributed by atoms with Crippen LogP contribution in [0.2, 0.25) is 10.0 Å². The second kappa shape index (κ2) is 9.93. The van der Waals surface area contributed by atoms with Gasteiger partial charge in [0, 0.05) is 34.3 Å². The summed E-state index contributed by atoms with van der Waals surface area (Å²) in [4.78, 5) is 36.6. The Morgan fingerprint density at radius 1 is 1.12 bits per heavy atom. The van der Waals surface area contributed by atoms with Crippen LogP contribution in [0.4, 0.5) is 5.69 Å². The molecule has 0 bridgehead atoms. The van der Waals surface area contributed by atoms with Crippen LogP contribution in [0.25, 0.3) is 0 Å². The highest BCUT2D eigenvalue weighted by Gasteiger charge is 2.32. The zero-order valence-electron chi connectivity index (χ0n) is 18.9. The van der Waals surface area contributed by atoms with Crippen LogP contribution in [0, 0.1) is 0 Å². The van der Waals surface area contributed by atoms with E-state index in [1.54, 1.807) is 50.2 Å². The fourth-order valence-electron chi connectivity index (χ4n) is 3.74. The number of amides is 3. The molecule has 3 N–H and O–H groups in total. The number of imide groups is 1. The Balaban J connectivity index is 1.70. The quantitative estimate of drug-likeness (QED) is 0.477. The monoisotopic (exact) mass is 525 g/mol. The first-order chi connectivity index (χ1) is 15.8. The Labute approximate surface area is 208 Å². The Hall–Kier alpha value is -2.62. The van der Waals surface area contributed by atoms with Crippen molar-refractivity contribution in [1.82, 2.24) is 10.6 Å². The van der Waals surface area contributed by atoms with Gasteiger partial charge in [0.2, 0.25) is 27.7 Å². The minimum Gasteiger partial charge on any atom is -0.351 e. The molecule has 3 rings (SSSR count). The van der Waals surface area contributed by atoms with Gasteiger partial charge in [0.15, 0.2) is 0 Å². The number of halogens is 2. The van der Waals surface area contributed by atoms with E-state index < -0.39 is 27.3 Å². The van der Waals surface area contributed by atoms with Gasteiger partial charge < -0.3 is 5.32 Å². The van der Waals surface area contributed by atoms with Gasteiger partial charge in [0.05, 0.1) is 17.6 Å². The summed E-state index contributed by atoms with van der Waals surface area (Å²) >= 11 is 12.8. The highest BCUT2D eigenvalue weighted by Crippen LogP contribution is 2.37. The van der Waals surface area contributed by atoms with Crippen molar-refractivity contribution >= 4 is 56.6 Å². The zero-order valence-corrected chi connectivity index (χ0v) is 21.2. The largest absolute Gasteiger partial charge is 0.351 e. The molecule has 11 heteroatoms. The first-order valence-electron chi connectivity index (χ1n) is 10.5. The molecule has 1 unspecified atom stereocenters. The summed E-state index contributed by atoms with van der Waals surface area (Å²) < 4.78 is 25.1. The molecule has 1 heterocycles. The number of carbonyl (C=O) groups is 3. The number of piperidine rings is 1. The number of nitrogens with one attached hydrogen (secondary N) is 3. The highest BCUT2D eigenvalue weighted by atomic mass is 35.5. The summed E-state index contributed by atoms with van der Waals surface area (Å²) in [5.74, 6) is -1.62. The first-order valence-corrected chi connectivity index (χ1v) is 13.1. The Morgan fingerprint density at radius 3 is 2.24 bits per heavy atom.